The Morgan fingerprint density at radius 2 is 1.86 bits per heavy atom. The molecule has 0 saturated carbocycles. The third-order valence-corrected chi connectivity index (χ3v) is 4.04. The van der Waals surface area contributed by atoms with Gasteiger partial charge in [0.05, 0.1) is 12.0 Å². The van der Waals surface area contributed by atoms with Gasteiger partial charge >= 0.3 is 5.97 Å². The summed E-state index contributed by atoms with van der Waals surface area (Å²) in [5, 5.41) is 10.00. The highest BCUT2D eigenvalue weighted by atomic mass is 35.5. The molecular weight excluding hydrogens is 312 g/mol. The fraction of sp³-hybridized carbons (Fsp3) is 0.0667. The summed E-state index contributed by atoms with van der Waals surface area (Å²) >= 11 is 7.09. The number of aliphatic hydroxyl groups is 1. The summed E-state index contributed by atoms with van der Waals surface area (Å²) in [6.45, 7) is 0. The highest BCUT2D eigenvalue weighted by Gasteiger charge is 2.13. The van der Waals surface area contributed by atoms with Crippen LogP contribution in [-0.2, 0) is 9.53 Å². The van der Waals surface area contributed by atoms with Crippen molar-refractivity contribution in [3.05, 3.63) is 58.1 Å². The SMILES string of the molecule is COC(=O)C(O)=CC(=O)c1ccc(-c2ccc(Cl)cc2)s1. The normalized spacial score (nSPS) is 11.2. The van der Waals surface area contributed by atoms with E-state index in [4.69, 9.17) is 11.6 Å². The Kier molecular flexibility index (Phi) is 4.77. The minimum atomic E-state index is -0.946. The van der Waals surface area contributed by atoms with Crippen LogP contribution in [0.4, 0.5) is 0 Å². The molecule has 0 amide bonds. The van der Waals surface area contributed by atoms with Gasteiger partial charge in [-0.2, -0.15) is 0 Å². The predicted molar refractivity (Wildman–Crippen MR) is 81.8 cm³/mol. The number of thiophene rings is 1. The molecule has 2 aromatic rings. The number of methoxy groups -OCH3 is 1. The number of halogens is 1. The van der Waals surface area contributed by atoms with E-state index >= 15 is 0 Å². The summed E-state index contributed by atoms with van der Waals surface area (Å²) in [6, 6.07) is 10.7. The molecule has 21 heavy (non-hydrogen) atoms. The van der Waals surface area contributed by atoms with Crippen LogP contribution in [0.1, 0.15) is 9.67 Å². The van der Waals surface area contributed by atoms with Crippen molar-refractivity contribution in [2.24, 2.45) is 0 Å². The lowest BCUT2D eigenvalue weighted by molar-refractivity contribution is -0.139. The van der Waals surface area contributed by atoms with E-state index in [0.29, 0.717) is 9.90 Å². The number of esters is 1. The van der Waals surface area contributed by atoms with Crippen LogP contribution in [0.15, 0.2) is 48.2 Å². The van der Waals surface area contributed by atoms with Crippen LogP contribution in [-0.4, -0.2) is 24.0 Å². The molecule has 0 spiro atoms. The number of hydrogen-bond donors (Lipinski definition) is 1. The molecule has 0 atom stereocenters. The summed E-state index contributed by atoms with van der Waals surface area (Å²) in [5.41, 5.74) is 0.935. The molecular formula is C15H11ClO4S. The summed E-state index contributed by atoms with van der Waals surface area (Å²) in [7, 11) is 1.13. The van der Waals surface area contributed by atoms with Crippen molar-refractivity contribution < 1.29 is 19.4 Å². The molecule has 4 nitrogen and oxygen atoms in total. The summed E-state index contributed by atoms with van der Waals surface area (Å²) in [6.07, 6.45) is 0.851. The van der Waals surface area contributed by atoms with Crippen molar-refractivity contribution in [1.82, 2.24) is 0 Å². The van der Waals surface area contributed by atoms with E-state index in [0.717, 1.165) is 23.6 Å². The number of rotatable bonds is 4. The van der Waals surface area contributed by atoms with Gasteiger partial charge in [-0.3, -0.25) is 4.79 Å². The van der Waals surface area contributed by atoms with E-state index in [-0.39, 0.29) is 0 Å². The fourth-order valence-corrected chi connectivity index (χ4v) is 2.65. The van der Waals surface area contributed by atoms with Crippen LogP contribution in [0, 0.1) is 0 Å². The maximum Gasteiger partial charge on any atom is 0.373 e. The monoisotopic (exact) mass is 322 g/mol. The predicted octanol–water partition coefficient (Wildman–Crippen LogP) is 3.87. The van der Waals surface area contributed by atoms with Crippen LogP contribution in [0.3, 0.4) is 0 Å². The van der Waals surface area contributed by atoms with E-state index in [2.05, 4.69) is 4.74 Å². The number of ether oxygens (including phenoxy) is 1. The highest BCUT2D eigenvalue weighted by molar-refractivity contribution is 7.17. The van der Waals surface area contributed by atoms with Crippen LogP contribution in [0.2, 0.25) is 5.02 Å². The minimum Gasteiger partial charge on any atom is -0.502 e. The molecule has 0 radical (unpaired) electrons. The quantitative estimate of drug-likeness (QED) is 0.402. The Balaban J connectivity index is 2.22. The van der Waals surface area contributed by atoms with Crippen molar-refractivity contribution in [2.75, 3.05) is 7.11 Å². The molecule has 6 heteroatoms. The summed E-state index contributed by atoms with van der Waals surface area (Å²) in [5.74, 6) is -2.12. The van der Waals surface area contributed by atoms with Gasteiger partial charge in [0.15, 0.2) is 5.78 Å². The largest absolute Gasteiger partial charge is 0.502 e. The van der Waals surface area contributed by atoms with Gasteiger partial charge in [-0.05, 0) is 29.8 Å². The van der Waals surface area contributed by atoms with Crippen LogP contribution < -0.4 is 0 Å². The van der Waals surface area contributed by atoms with Gasteiger partial charge in [0, 0.05) is 16.0 Å². The van der Waals surface area contributed by atoms with Crippen molar-refractivity contribution in [3.63, 3.8) is 0 Å². The van der Waals surface area contributed by atoms with Crippen molar-refractivity contribution in [2.45, 2.75) is 0 Å². The van der Waals surface area contributed by atoms with Crippen LogP contribution in [0.25, 0.3) is 10.4 Å². The van der Waals surface area contributed by atoms with Crippen molar-refractivity contribution >= 4 is 34.7 Å². The first kappa shape index (κ1) is 15.3. The molecule has 1 heterocycles. The van der Waals surface area contributed by atoms with E-state index in [1.54, 1.807) is 24.3 Å². The van der Waals surface area contributed by atoms with Gasteiger partial charge in [0.2, 0.25) is 5.76 Å². The molecule has 0 saturated heterocycles. The Morgan fingerprint density at radius 3 is 2.48 bits per heavy atom. The number of carbonyl (C=O) groups excluding carboxylic acids is 2. The first-order valence-electron chi connectivity index (χ1n) is 5.90. The van der Waals surface area contributed by atoms with Crippen molar-refractivity contribution in [1.29, 1.82) is 0 Å². The molecule has 1 aromatic carbocycles. The lowest BCUT2D eigenvalue weighted by Gasteiger charge is -1.97. The third kappa shape index (κ3) is 3.71. The number of hydrogen-bond acceptors (Lipinski definition) is 5. The molecule has 108 valence electrons. The molecule has 1 aromatic heterocycles. The zero-order valence-electron chi connectivity index (χ0n) is 11.0. The van der Waals surface area contributed by atoms with E-state index in [9.17, 15) is 14.7 Å². The van der Waals surface area contributed by atoms with Crippen LogP contribution >= 0.6 is 22.9 Å². The minimum absolute atomic E-state index is 0.412. The van der Waals surface area contributed by atoms with Gasteiger partial charge in [0.1, 0.15) is 0 Å². The van der Waals surface area contributed by atoms with Gasteiger partial charge in [-0.1, -0.05) is 23.7 Å². The molecule has 0 unspecified atom stereocenters. The number of aliphatic hydroxyl groups excluding tert-OH is 1. The van der Waals surface area contributed by atoms with Gasteiger partial charge < -0.3 is 9.84 Å². The van der Waals surface area contributed by atoms with E-state index in [1.807, 2.05) is 12.1 Å². The summed E-state index contributed by atoms with van der Waals surface area (Å²) < 4.78 is 4.32. The second-order valence-electron chi connectivity index (χ2n) is 4.06. The maximum atomic E-state index is 11.9. The maximum absolute atomic E-state index is 11.9. The van der Waals surface area contributed by atoms with Crippen LogP contribution in [0.5, 0.6) is 0 Å². The molecule has 1 N–H and O–H groups in total. The van der Waals surface area contributed by atoms with E-state index < -0.39 is 17.5 Å². The van der Waals surface area contributed by atoms with Gasteiger partial charge in [-0.25, -0.2) is 4.79 Å². The van der Waals surface area contributed by atoms with Crippen molar-refractivity contribution in [3.8, 4) is 10.4 Å². The Morgan fingerprint density at radius 1 is 1.19 bits per heavy atom. The number of benzene rings is 1. The molecule has 0 aliphatic rings. The Labute approximate surface area is 130 Å². The highest BCUT2D eigenvalue weighted by Crippen LogP contribution is 2.29. The second-order valence-corrected chi connectivity index (χ2v) is 5.58. The van der Waals surface area contributed by atoms with Gasteiger partial charge in [0.25, 0.3) is 0 Å². The zero-order chi connectivity index (χ0) is 15.4. The van der Waals surface area contributed by atoms with Gasteiger partial charge in [-0.15, -0.1) is 11.3 Å². The summed E-state index contributed by atoms with van der Waals surface area (Å²) in [4.78, 5) is 24.3. The number of carbonyl (C=O) groups is 2. The number of allylic oxidation sites excluding steroid dienone is 1. The topological polar surface area (TPSA) is 63.6 Å². The first-order chi connectivity index (χ1) is 10.0. The lowest BCUT2D eigenvalue weighted by Crippen LogP contribution is -2.06. The molecule has 2 rings (SSSR count). The fourth-order valence-electron chi connectivity index (χ4n) is 1.60. The lowest BCUT2D eigenvalue weighted by atomic mass is 10.2. The third-order valence-electron chi connectivity index (χ3n) is 2.64. The van der Waals surface area contributed by atoms with E-state index in [1.165, 1.54) is 11.3 Å². The molecule has 0 fully saturated rings. The zero-order valence-corrected chi connectivity index (χ0v) is 12.6. The number of ketones is 1. The second kappa shape index (κ2) is 6.56. The Hall–Kier alpha value is -2.11. The first-order valence-corrected chi connectivity index (χ1v) is 7.10. The smallest absolute Gasteiger partial charge is 0.373 e. The average molecular weight is 323 g/mol. The molecule has 0 bridgehead atoms. The molecule has 0 aliphatic heterocycles. The molecule has 0 aliphatic carbocycles. The standard InChI is InChI=1S/C15H11ClO4S/c1-20-15(19)12(18)8-11(17)14-7-6-13(21-14)9-2-4-10(16)5-3-9/h2-8,18H,1H3. The Bertz CT molecular complexity index is 701. The average Bonchev–Trinajstić information content (AvgIpc) is 2.97.